The van der Waals surface area contributed by atoms with Crippen LogP contribution in [-0.2, 0) is 0 Å². The molecule has 0 saturated carbocycles. The molecular weight excluding hydrogens is 202 g/mol. The van der Waals surface area contributed by atoms with Crippen molar-refractivity contribution in [2.45, 2.75) is 20.0 Å². The van der Waals surface area contributed by atoms with Gasteiger partial charge in [-0.15, -0.1) is 0 Å². The van der Waals surface area contributed by atoms with E-state index < -0.39 is 6.10 Å². The van der Waals surface area contributed by atoms with Crippen molar-refractivity contribution in [2.75, 3.05) is 0 Å². The molecule has 1 N–H and O–H groups in total. The van der Waals surface area contributed by atoms with Crippen LogP contribution in [0.5, 0.6) is 0 Å². The van der Waals surface area contributed by atoms with Crippen molar-refractivity contribution >= 4 is 0 Å². The van der Waals surface area contributed by atoms with Crippen molar-refractivity contribution in [3.8, 4) is 0 Å². The van der Waals surface area contributed by atoms with Gasteiger partial charge in [-0.05, 0) is 19.9 Å². The van der Waals surface area contributed by atoms with E-state index in [1.54, 1.807) is 18.6 Å². The summed E-state index contributed by atoms with van der Waals surface area (Å²) >= 11 is 0. The van der Waals surface area contributed by atoms with Crippen LogP contribution in [0, 0.1) is 13.8 Å². The van der Waals surface area contributed by atoms with E-state index in [1.165, 1.54) is 0 Å². The molecule has 0 amide bonds. The van der Waals surface area contributed by atoms with Crippen LogP contribution in [0.2, 0.25) is 0 Å². The van der Waals surface area contributed by atoms with E-state index in [1.807, 2.05) is 26.0 Å². The number of hydrogen-bond donors (Lipinski definition) is 1. The zero-order chi connectivity index (χ0) is 11.5. The average molecular weight is 215 g/mol. The summed E-state index contributed by atoms with van der Waals surface area (Å²) in [5, 5.41) is 10.0. The molecular formula is C12H13N3O. The summed E-state index contributed by atoms with van der Waals surface area (Å²) in [4.78, 5) is 12.4. The van der Waals surface area contributed by atoms with Crippen LogP contribution in [0.25, 0.3) is 0 Å². The molecule has 4 nitrogen and oxygen atoms in total. The molecule has 1 atom stereocenters. The minimum atomic E-state index is -0.763. The lowest BCUT2D eigenvalue weighted by Gasteiger charge is -2.09. The maximum atomic E-state index is 10.0. The highest BCUT2D eigenvalue weighted by Crippen LogP contribution is 2.18. The van der Waals surface area contributed by atoms with Crippen molar-refractivity contribution in [2.24, 2.45) is 0 Å². The third-order valence-electron chi connectivity index (χ3n) is 2.33. The third-order valence-corrected chi connectivity index (χ3v) is 2.33. The molecule has 2 heterocycles. The van der Waals surface area contributed by atoms with E-state index >= 15 is 0 Å². The number of aromatic nitrogens is 3. The zero-order valence-corrected chi connectivity index (χ0v) is 9.25. The first kappa shape index (κ1) is 10.7. The highest BCUT2D eigenvalue weighted by atomic mass is 16.3. The second-order valence-electron chi connectivity index (χ2n) is 3.72. The Morgan fingerprint density at radius 1 is 0.938 bits per heavy atom. The molecule has 0 aromatic carbocycles. The fourth-order valence-electron chi connectivity index (χ4n) is 1.36. The smallest absolute Gasteiger partial charge is 0.124 e. The summed E-state index contributed by atoms with van der Waals surface area (Å²) in [5.74, 6) is 0. The van der Waals surface area contributed by atoms with Gasteiger partial charge in [-0.2, -0.15) is 0 Å². The van der Waals surface area contributed by atoms with Crippen LogP contribution in [-0.4, -0.2) is 20.1 Å². The first-order valence-corrected chi connectivity index (χ1v) is 5.06. The quantitative estimate of drug-likeness (QED) is 0.826. The maximum absolute atomic E-state index is 10.0. The monoisotopic (exact) mass is 215 g/mol. The number of aliphatic hydroxyl groups excluding tert-OH is 1. The molecule has 0 bridgehead atoms. The second-order valence-corrected chi connectivity index (χ2v) is 3.72. The fourth-order valence-corrected chi connectivity index (χ4v) is 1.36. The van der Waals surface area contributed by atoms with Crippen LogP contribution in [0.15, 0.2) is 30.7 Å². The lowest BCUT2D eigenvalue weighted by molar-refractivity contribution is 0.214. The Hall–Kier alpha value is -1.81. The number of aryl methyl sites for hydroxylation is 2. The van der Waals surface area contributed by atoms with Crippen LogP contribution in [0.3, 0.4) is 0 Å². The number of pyridine rings is 1. The van der Waals surface area contributed by atoms with Crippen molar-refractivity contribution in [3.63, 3.8) is 0 Å². The van der Waals surface area contributed by atoms with Crippen molar-refractivity contribution < 1.29 is 5.11 Å². The van der Waals surface area contributed by atoms with Crippen LogP contribution < -0.4 is 0 Å². The Morgan fingerprint density at radius 2 is 1.69 bits per heavy atom. The van der Waals surface area contributed by atoms with Gasteiger partial charge in [0.25, 0.3) is 0 Å². The highest BCUT2D eigenvalue weighted by molar-refractivity contribution is 5.23. The molecule has 82 valence electrons. The Morgan fingerprint density at radius 3 is 2.25 bits per heavy atom. The normalized spacial score (nSPS) is 12.4. The van der Waals surface area contributed by atoms with Crippen molar-refractivity contribution in [3.05, 3.63) is 53.4 Å². The van der Waals surface area contributed by atoms with Gasteiger partial charge < -0.3 is 5.11 Å². The third kappa shape index (κ3) is 2.23. The van der Waals surface area contributed by atoms with Gasteiger partial charge in [0.15, 0.2) is 0 Å². The summed E-state index contributed by atoms with van der Waals surface area (Å²) in [6.45, 7) is 3.76. The van der Waals surface area contributed by atoms with E-state index in [0.717, 1.165) is 17.0 Å². The second kappa shape index (κ2) is 4.37. The largest absolute Gasteiger partial charge is 0.382 e. The van der Waals surface area contributed by atoms with E-state index in [4.69, 9.17) is 0 Å². The van der Waals surface area contributed by atoms with E-state index in [0.29, 0.717) is 5.69 Å². The summed E-state index contributed by atoms with van der Waals surface area (Å²) < 4.78 is 0. The molecule has 0 radical (unpaired) electrons. The molecule has 0 spiro atoms. The van der Waals surface area contributed by atoms with E-state index in [2.05, 4.69) is 15.0 Å². The Kier molecular flexibility index (Phi) is 2.92. The Bertz CT molecular complexity index is 419. The SMILES string of the molecule is Cc1ccc(C(O)c2cnc(C)cn2)cn1. The average Bonchev–Trinajstić information content (AvgIpc) is 2.30. The molecule has 0 fully saturated rings. The summed E-state index contributed by atoms with van der Waals surface area (Å²) in [7, 11) is 0. The van der Waals surface area contributed by atoms with Gasteiger partial charge in [-0.25, -0.2) is 0 Å². The van der Waals surface area contributed by atoms with Gasteiger partial charge >= 0.3 is 0 Å². The topological polar surface area (TPSA) is 58.9 Å². The molecule has 2 rings (SSSR count). The first-order valence-electron chi connectivity index (χ1n) is 5.06. The number of aliphatic hydroxyl groups is 1. The van der Waals surface area contributed by atoms with Crippen LogP contribution >= 0.6 is 0 Å². The van der Waals surface area contributed by atoms with Gasteiger partial charge in [0.1, 0.15) is 6.10 Å². The zero-order valence-electron chi connectivity index (χ0n) is 9.25. The molecule has 0 saturated heterocycles. The lowest BCUT2D eigenvalue weighted by atomic mass is 10.1. The molecule has 4 heteroatoms. The van der Waals surface area contributed by atoms with Gasteiger partial charge in [-0.1, -0.05) is 6.07 Å². The molecule has 0 aliphatic carbocycles. The molecule has 2 aromatic rings. The first-order chi connectivity index (χ1) is 7.66. The maximum Gasteiger partial charge on any atom is 0.124 e. The number of hydrogen-bond acceptors (Lipinski definition) is 4. The van der Waals surface area contributed by atoms with Gasteiger partial charge in [-0.3, -0.25) is 15.0 Å². The molecule has 1 unspecified atom stereocenters. The fraction of sp³-hybridized carbons (Fsp3) is 0.250. The van der Waals surface area contributed by atoms with E-state index in [-0.39, 0.29) is 0 Å². The molecule has 2 aromatic heterocycles. The van der Waals surface area contributed by atoms with Crippen molar-refractivity contribution in [1.82, 2.24) is 15.0 Å². The minimum Gasteiger partial charge on any atom is -0.382 e. The van der Waals surface area contributed by atoms with Gasteiger partial charge in [0.05, 0.1) is 17.6 Å². The number of rotatable bonds is 2. The Balaban J connectivity index is 2.28. The Labute approximate surface area is 94.0 Å². The molecule has 0 aliphatic heterocycles. The summed E-state index contributed by atoms with van der Waals surface area (Å²) in [6, 6.07) is 3.70. The summed E-state index contributed by atoms with van der Waals surface area (Å²) in [6.07, 6.45) is 4.11. The predicted octanol–water partition coefficient (Wildman–Crippen LogP) is 1.57. The van der Waals surface area contributed by atoms with E-state index in [9.17, 15) is 5.11 Å². The standard InChI is InChI=1S/C12H13N3O/c1-8-3-4-10(6-13-8)12(16)11-7-14-9(2)5-15-11/h3-7,12,16H,1-2H3. The summed E-state index contributed by atoms with van der Waals surface area (Å²) in [5.41, 5.74) is 3.02. The molecule has 0 aliphatic rings. The van der Waals surface area contributed by atoms with Gasteiger partial charge in [0, 0.05) is 23.7 Å². The van der Waals surface area contributed by atoms with Crippen LogP contribution in [0.4, 0.5) is 0 Å². The lowest BCUT2D eigenvalue weighted by Crippen LogP contribution is -2.04. The highest BCUT2D eigenvalue weighted by Gasteiger charge is 2.12. The predicted molar refractivity (Wildman–Crippen MR) is 59.8 cm³/mol. The molecule has 16 heavy (non-hydrogen) atoms. The minimum absolute atomic E-state index is 0.538. The number of nitrogens with zero attached hydrogens (tertiary/aromatic N) is 3. The van der Waals surface area contributed by atoms with Gasteiger partial charge in [0.2, 0.25) is 0 Å². The van der Waals surface area contributed by atoms with Crippen molar-refractivity contribution in [1.29, 1.82) is 0 Å². The van der Waals surface area contributed by atoms with Crippen LogP contribution in [0.1, 0.15) is 28.7 Å².